The smallest absolute Gasteiger partial charge is 0.320 e. The van der Waals surface area contributed by atoms with Crippen molar-refractivity contribution in [1.29, 1.82) is 0 Å². The van der Waals surface area contributed by atoms with Crippen LogP contribution in [-0.2, 0) is 18.3 Å². The second kappa shape index (κ2) is 5.85. The first-order chi connectivity index (χ1) is 11.0. The third-order valence-corrected chi connectivity index (χ3v) is 4.38. The molecule has 1 unspecified atom stereocenters. The van der Waals surface area contributed by atoms with E-state index in [0.717, 1.165) is 33.3 Å². The van der Waals surface area contributed by atoms with Gasteiger partial charge in [0.25, 0.3) is 0 Å². The Labute approximate surface area is 134 Å². The van der Waals surface area contributed by atoms with Gasteiger partial charge in [-0.25, -0.2) is 0 Å². The molecule has 5 heteroatoms. The van der Waals surface area contributed by atoms with Crippen molar-refractivity contribution >= 4 is 16.9 Å². The van der Waals surface area contributed by atoms with Crippen LogP contribution in [0, 0.1) is 6.92 Å². The summed E-state index contributed by atoms with van der Waals surface area (Å²) in [6.45, 7) is 2.00. The van der Waals surface area contributed by atoms with Crippen molar-refractivity contribution in [3.05, 3.63) is 54.0 Å². The molecule has 0 amide bonds. The molecule has 1 atom stereocenters. The van der Waals surface area contributed by atoms with Gasteiger partial charge in [0.1, 0.15) is 6.04 Å². The lowest BCUT2D eigenvalue weighted by atomic mass is 9.99. The Kier molecular flexibility index (Phi) is 3.88. The predicted octanol–water partition coefficient (Wildman–Crippen LogP) is 2.50. The second-order valence-electron chi connectivity index (χ2n) is 5.74. The number of carboxylic acid groups (broad SMARTS) is 1. The molecule has 118 valence electrons. The van der Waals surface area contributed by atoms with E-state index in [4.69, 9.17) is 10.8 Å². The average molecular weight is 309 g/mol. The summed E-state index contributed by atoms with van der Waals surface area (Å²) in [5, 5.41) is 10.2. The number of fused-ring (bicyclic) bond motifs is 1. The Balaban J connectivity index is 2.15. The molecule has 1 aromatic carbocycles. The van der Waals surface area contributed by atoms with Crippen LogP contribution in [0.2, 0.25) is 0 Å². The van der Waals surface area contributed by atoms with Gasteiger partial charge in [0, 0.05) is 42.5 Å². The van der Waals surface area contributed by atoms with Crippen LogP contribution in [0.1, 0.15) is 11.3 Å². The van der Waals surface area contributed by atoms with Gasteiger partial charge in [-0.1, -0.05) is 6.07 Å². The number of nitrogens with zero attached hydrogens (tertiary/aromatic N) is 2. The van der Waals surface area contributed by atoms with E-state index in [-0.39, 0.29) is 0 Å². The maximum absolute atomic E-state index is 11.1. The number of hydrogen-bond donors (Lipinski definition) is 2. The van der Waals surface area contributed by atoms with Crippen LogP contribution in [0.4, 0.5) is 0 Å². The number of benzene rings is 1. The standard InChI is InChI=1S/C18H19N3O2/c1-11-14(10-16(19)18(22)23)15-9-13(3-4-17(15)21(11)2)12-5-7-20-8-6-12/h3-9,16H,10,19H2,1-2H3,(H,22,23). The molecule has 0 fully saturated rings. The van der Waals surface area contributed by atoms with Crippen molar-refractivity contribution < 1.29 is 9.90 Å². The molecular formula is C18H19N3O2. The molecule has 0 saturated heterocycles. The molecular weight excluding hydrogens is 290 g/mol. The molecule has 0 saturated carbocycles. The quantitative estimate of drug-likeness (QED) is 0.776. The summed E-state index contributed by atoms with van der Waals surface area (Å²) < 4.78 is 2.08. The van der Waals surface area contributed by atoms with Gasteiger partial charge in [-0.2, -0.15) is 0 Å². The summed E-state index contributed by atoms with van der Waals surface area (Å²) in [5.41, 5.74) is 11.0. The Morgan fingerprint density at radius 1 is 1.26 bits per heavy atom. The summed E-state index contributed by atoms with van der Waals surface area (Å²) >= 11 is 0. The SMILES string of the molecule is Cc1c(CC(N)C(=O)O)c2cc(-c3ccncc3)ccc2n1C. The van der Waals surface area contributed by atoms with Crippen molar-refractivity contribution in [2.45, 2.75) is 19.4 Å². The van der Waals surface area contributed by atoms with Crippen LogP contribution in [0.25, 0.3) is 22.0 Å². The van der Waals surface area contributed by atoms with Crippen LogP contribution in [0.15, 0.2) is 42.7 Å². The van der Waals surface area contributed by atoms with E-state index in [1.54, 1.807) is 12.4 Å². The molecule has 2 heterocycles. The molecule has 0 bridgehead atoms. The van der Waals surface area contributed by atoms with E-state index in [9.17, 15) is 4.79 Å². The maximum atomic E-state index is 11.1. The first-order valence-electron chi connectivity index (χ1n) is 7.45. The molecule has 3 aromatic rings. The van der Waals surface area contributed by atoms with Crippen molar-refractivity contribution in [2.75, 3.05) is 0 Å². The van der Waals surface area contributed by atoms with Gasteiger partial charge < -0.3 is 15.4 Å². The average Bonchev–Trinajstić information content (AvgIpc) is 2.80. The van der Waals surface area contributed by atoms with Gasteiger partial charge >= 0.3 is 5.97 Å². The molecule has 3 rings (SSSR count). The zero-order valence-corrected chi connectivity index (χ0v) is 13.2. The zero-order chi connectivity index (χ0) is 16.6. The van der Waals surface area contributed by atoms with Gasteiger partial charge in [0.05, 0.1) is 0 Å². The first-order valence-corrected chi connectivity index (χ1v) is 7.45. The summed E-state index contributed by atoms with van der Waals surface area (Å²) in [6.07, 6.45) is 3.84. The number of aromatic nitrogens is 2. The number of carbonyl (C=O) groups is 1. The van der Waals surface area contributed by atoms with Crippen molar-refractivity contribution in [1.82, 2.24) is 9.55 Å². The topological polar surface area (TPSA) is 81.1 Å². The lowest BCUT2D eigenvalue weighted by Crippen LogP contribution is -2.32. The van der Waals surface area contributed by atoms with Gasteiger partial charge in [-0.05, 0) is 47.9 Å². The Morgan fingerprint density at radius 3 is 2.61 bits per heavy atom. The normalized spacial score (nSPS) is 12.5. The van der Waals surface area contributed by atoms with Gasteiger partial charge in [-0.3, -0.25) is 9.78 Å². The number of pyridine rings is 1. The second-order valence-corrected chi connectivity index (χ2v) is 5.74. The summed E-state index contributed by atoms with van der Waals surface area (Å²) in [6, 6.07) is 9.25. The van der Waals surface area contributed by atoms with Crippen LogP contribution in [0.3, 0.4) is 0 Å². The molecule has 0 aliphatic heterocycles. The number of aryl methyl sites for hydroxylation is 1. The number of rotatable bonds is 4. The van der Waals surface area contributed by atoms with E-state index < -0.39 is 12.0 Å². The largest absolute Gasteiger partial charge is 0.480 e. The summed E-state index contributed by atoms with van der Waals surface area (Å²) in [7, 11) is 1.99. The minimum Gasteiger partial charge on any atom is -0.480 e. The van der Waals surface area contributed by atoms with E-state index in [2.05, 4.69) is 27.8 Å². The molecule has 5 nitrogen and oxygen atoms in total. The Hall–Kier alpha value is -2.66. The minimum absolute atomic E-state index is 0.318. The highest BCUT2D eigenvalue weighted by atomic mass is 16.4. The molecule has 0 aliphatic rings. The first kappa shape index (κ1) is 15.2. The number of nitrogens with two attached hydrogens (primary N) is 1. The molecule has 0 radical (unpaired) electrons. The summed E-state index contributed by atoms with van der Waals surface area (Å²) in [5.74, 6) is -0.980. The van der Waals surface area contributed by atoms with E-state index in [0.29, 0.717) is 6.42 Å². The molecule has 23 heavy (non-hydrogen) atoms. The van der Waals surface area contributed by atoms with Crippen molar-refractivity contribution in [3.63, 3.8) is 0 Å². The number of aliphatic carboxylic acids is 1. The minimum atomic E-state index is -0.980. The number of hydrogen-bond acceptors (Lipinski definition) is 3. The predicted molar refractivity (Wildman–Crippen MR) is 90.2 cm³/mol. The van der Waals surface area contributed by atoms with Crippen molar-refractivity contribution in [2.24, 2.45) is 12.8 Å². The lowest BCUT2D eigenvalue weighted by molar-refractivity contribution is -0.138. The summed E-state index contributed by atoms with van der Waals surface area (Å²) in [4.78, 5) is 15.1. The van der Waals surface area contributed by atoms with Crippen LogP contribution in [0.5, 0.6) is 0 Å². The number of carboxylic acids is 1. The van der Waals surface area contributed by atoms with Gasteiger partial charge in [0.15, 0.2) is 0 Å². The lowest BCUT2D eigenvalue weighted by Gasteiger charge is -2.07. The van der Waals surface area contributed by atoms with Gasteiger partial charge in [0.2, 0.25) is 0 Å². The maximum Gasteiger partial charge on any atom is 0.320 e. The zero-order valence-electron chi connectivity index (χ0n) is 13.2. The fourth-order valence-electron chi connectivity index (χ4n) is 2.94. The monoisotopic (exact) mass is 309 g/mol. The van der Waals surface area contributed by atoms with E-state index in [1.807, 2.05) is 26.1 Å². The van der Waals surface area contributed by atoms with Crippen LogP contribution in [-0.4, -0.2) is 26.7 Å². The highest BCUT2D eigenvalue weighted by Crippen LogP contribution is 2.30. The van der Waals surface area contributed by atoms with Crippen molar-refractivity contribution in [3.8, 4) is 11.1 Å². The Bertz CT molecular complexity index is 869. The Morgan fingerprint density at radius 2 is 1.96 bits per heavy atom. The third-order valence-electron chi connectivity index (χ3n) is 4.38. The van der Waals surface area contributed by atoms with Gasteiger partial charge in [-0.15, -0.1) is 0 Å². The highest BCUT2D eigenvalue weighted by Gasteiger charge is 2.19. The molecule has 3 N–H and O–H groups in total. The molecule has 0 aliphatic carbocycles. The molecule has 2 aromatic heterocycles. The van der Waals surface area contributed by atoms with E-state index >= 15 is 0 Å². The fraction of sp³-hybridized carbons (Fsp3) is 0.222. The van der Waals surface area contributed by atoms with Crippen LogP contribution >= 0.6 is 0 Å². The molecule has 0 spiro atoms. The fourth-order valence-corrected chi connectivity index (χ4v) is 2.94. The highest BCUT2D eigenvalue weighted by molar-refractivity contribution is 5.90. The van der Waals surface area contributed by atoms with E-state index in [1.165, 1.54) is 0 Å². The third kappa shape index (κ3) is 2.71. The van der Waals surface area contributed by atoms with Crippen LogP contribution < -0.4 is 5.73 Å².